The van der Waals surface area contributed by atoms with Crippen molar-refractivity contribution in [3.63, 3.8) is 0 Å². The summed E-state index contributed by atoms with van der Waals surface area (Å²) >= 11 is 0. The number of pyridine rings is 1. The highest BCUT2D eigenvalue weighted by molar-refractivity contribution is 5.99. The number of likely N-dealkylation sites (N-methyl/N-ethyl adjacent to an activating group) is 1. The fourth-order valence-corrected chi connectivity index (χ4v) is 2.99. The van der Waals surface area contributed by atoms with Crippen LogP contribution in [-0.4, -0.2) is 42.0 Å². The first-order valence-electron chi connectivity index (χ1n) is 7.82. The predicted molar refractivity (Wildman–Crippen MR) is 87.7 cm³/mol. The molecule has 0 radical (unpaired) electrons. The van der Waals surface area contributed by atoms with Crippen molar-refractivity contribution in [1.82, 2.24) is 9.88 Å². The zero-order chi connectivity index (χ0) is 16.2. The number of hydrogen-bond acceptors (Lipinski definition) is 3. The molecule has 5 heteroatoms. The van der Waals surface area contributed by atoms with Gasteiger partial charge in [0.1, 0.15) is 5.82 Å². The van der Waals surface area contributed by atoms with Gasteiger partial charge in [-0.2, -0.15) is 0 Å². The van der Waals surface area contributed by atoms with Crippen LogP contribution in [0, 0.1) is 5.82 Å². The maximum atomic E-state index is 13.9. The molecule has 2 heterocycles. The molecule has 0 aliphatic carbocycles. The van der Waals surface area contributed by atoms with Gasteiger partial charge in [0, 0.05) is 25.5 Å². The summed E-state index contributed by atoms with van der Waals surface area (Å²) in [6, 6.07) is 10.2. The van der Waals surface area contributed by atoms with Gasteiger partial charge in [0.05, 0.1) is 11.7 Å². The third-order valence-electron chi connectivity index (χ3n) is 4.36. The molecule has 0 unspecified atom stereocenters. The Hall–Kier alpha value is -2.27. The Bertz CT molecular complexity index is 677. The highest BCUT2D eigenvalue weighted by atomic mass is 19.1. The molecular formula is C18H20FN3O. The predicted octanol–water partition coefficient (Wildman–Crippen LogP) is 2.50. The Morgan fingerprint density at radius 2 is 2.00 bits per heavy atom. The molecule has 1 fully saturated rings. The van der Waals surface area contributed by atoms with E-state index in [9.17, 15) is 9.18 Å². The van der Waals surface area contributed by atoms with Crippen LogP contribution in [0.3, 0.4) is 0 Å². The summed E-state index contributed by atoms with van der Waals surface area (Å²) in [4.78, 5) is 20.2. The number of anilines is 1. The molecule has 1 aliphatic rings. The molecule has 0 N–H and O–H groups in total. The van der Waals surface area contributed by atoms with Crippen molar-refractivity contribution in [2.24, 2.45) is 0 Å². The second-order valence-corrected chi connectivity index (χ2v) is 5.83. The zero-order valence-electron chi connectivity index (χ0n) is 13.2. The van der Waals surface area contributed by atoms with Crippen molar-refractivity contribution < 1.29 is 9.18 Å². The van der Waals surface area contributed by atoms with Crippen LogP contribution in [0.4, 0.5) is 10.1 Å². The Labute approximate surface area is 135 Å². The van der Waals surface area contributed by atoms with E-state index in [-0.39, 0.29) is 17.8 Å². The summed E-state index contributed by atoms with van der Waals surface area (Å²) in [7, 11) is 1.95. The first kappa shape index (κ1) is 15.6. The number of hydrogen-bond donors (Lipinski definition) is 0. The minimum atomic E-state index is -0.346. The fourth-order valence-electron chi connectivity index (χ4n) is 2.99. The lowest BCUT2D eigenvalue weighted by Crippen LogP contribution is -2.40. The molecule has 1 aromatic heterocycles. The Balaban J connectivity index is 1.63. The lowest BCUT2D eigenvalue weighted by atomic mass is 10.1. The van der Waals surface area contributed by atoms with Crippen LogP contribution in [0.15, 0.2) is 48.8 Å². The smallest absolute Gasteiger partial charge is 0.244 e. The number of halogens is 1. The molecule has 1 amide bonds. The average molecular weight is 313 g/mol. The van der Waals surface area contributed by atoms with Gasteiger partial charge < -0.3 is 4.90 Å². The van der Waals surface area contributed by atoms with Crippen LogP contribution in [0.5, 0.6) is 0 Å². The molecule has 3 rings (SSSR count). The number of benzene rings is 1. The molecule has 23 heavy (non-hydrogen) atoms. The van der Waals surface area contributed by atoms with Crippen molar-refractivity contribution in [1.29, 1.82) is 0 Å². The Morgan fingerprint density at radius 3 is 2.74 bits per heavy atom. The van der Waals surface area contributed by atoms with Gasteiger partial charge in [0.15, 0.2) is 0 Å². The normalized spacial score (nSPS) is 18.0. The van der Waals surface area contributed by atoms with Gasteiger partial charge in [-0.15, -0.1) is 0 Å². The fraction of sp³-hybridized carbons (Fsp3) is 0.333. The van der Waals surface area contributed by atoms with Crippen molar-refractivity contribution in [2.45, 2.75) is 18.9 Å². The monoisotopic (exact) mass is 313 g/mol. The van der Waals surface area contributed by atoms with Crippen molar-refractivity contribution in [3.05, 3.63) is 60.2 Å². The Kier molecular flexibility index (Phi) is 4.67. The third-order valence-corrected chi connectivity index (χ3v) is 4.36. The first-order valence-corrected chi connectivity index (χ1v) is 7.82. The maximum absolute atomic E-state index is 13.9. The van der Waals surface area contributed by atoms with E-state index in [0.29, 0.717) is 12.2 Å². The number of rotatable bonds is 5. The summed E-state index contributed by atoms with van der Waals surface area (Å²) in [5.41, 5.74) is 1.57. The largest absolute Gasteiger partial charge is 0.308 e. The topological polar surface area (TPSA) is 36.4 Å². The number of carbonyl (C=O) groups is 1. The van der Waals surface area contributed by atoms with E-state index >= 15 is 0 Å². The maximum Gasteiger partial charge on any atom is 0.244 e. The zero-order valence-corrected chi connectivity index (χ0v) is 13.2. The van der Waals surface area contributed by atoms with Crippen LogP contribution in [0.2, 0.25) is 0 Å². The van der Waals surface area contributed by atoms with Crippen molar-refractivity contribution in [3.8, 4) is 0 Å². The summed E-state index contributed by atoms with van der Waals surface area (Å²) in [6.07, 6.45) is 5.13. The van der Waals surface area contributed by atoms with Crippen molar-refractivity contribution >= 4 is 11.6 Å². The standard InChI is InChI=1S/C18H20FN3O/c1-21(12-8-14-6-10-20-11-7-14)17-9-13-22(18(17)23)16-5-3-2-4-15(16)19/h2-7,10-11,17H,8-9,12-13H2,1H3/t17-/m1/s1. The molecule has 0 spiro atoms. The number of amides is 1. The lowest BCUT2D eigenvalue weighted by Gasteiger charge is -2.24. The third kappa shape index (κ3) is 3.40. The summed E-state index contributed by atoms with van der Waals surface area (Å²) < 4.78 is 13.9. The first-order chi connectivity index (χ1) is 11.2. The quantitative estimate of drug-likeness (QED) is 0.851. The van der Waals surface area contributed by atoms with E-state index in [1.54, 1.807) is 35.5 Å². The van der Waals surface area contributed by atoms with Crippen LogP contribution in [0.25, 0.3) is 0 Å². The molecule has 0 saturated carbocycles. The second-order valence-electron chi connectivity index (χ2n) is 5.83. The number of nitrogens with zero attached hydrogens (tertiary/aromatic N) is 3. The van der Waals surface area contributed by atoms with E-state index in [4.69, 9.17) is 0 Å². The van der Waals surface area contributed by atoms with Gasteiger partial charge in [-0.25, -0.2) is 4.39 Å². The van der Waals surface area contributed by atoms with Gasteiger partial charge in [-0.3, -0.25) is 14.7 Å². The van der Waals surface area contributed by atoms with E-state index in [2.05, 4.69) is 9.88 Å². The van der Waals surface area contributed by atoms with Gasteiger partial charge >= 0.3 is 0 Å². The highest BCUT2D eigenvalue weighted by Crippen LogP contribution is 2.26. The molecule has 0 bridgehead atoms. The van der Waals surface area contributed by atoms with Gasteiger partial charge in [0.2, 0.25) is 5.91 Å². The minimum Gasteiger partial charge on any atom is -0.308 e. The lowest BCUT2D eigenvalue weighted by molar-refractivity contribution is -0.121. The van der Waals surface area contributed by atoms with Crippen LogP contribution in [0.1, 0.15) is 12.0 Å². The second kappa shape index (κ2) is 6.87. The van der Waals surface area contributed by atoms with Crippen LogP contribution in [-0.2, 0) is 11.2 Å². The molecule has 1 atom stereocenters. The highest BCUT2D eigenvalue weighted by Gasteiger charge is 2.35. The van der Waals surface area contributed by atoms with E-state index in [0.717, 1.165) is 19.4 Å². The van der Waals surface area contributed by atoms with E-state index < -0.39 is 0 Å². The SMILES string of the molecule is CN(CCc1ccncc1)[C@@H]1CCN(c2ccccc2F)C1=O. The van der Waals surface area contributed by atoms with Crippen LogP contribution < -0.4 is 4.90 Å². The summed E-state index contributed by atoms with van der Waals surface area (Å²) in [5, 5.41) is 0. The summed E-state index contributed by atoms with van der Waals surface area (Å²) in [6.45, 7) is 1.34. The summed E-state index contributed by atoms with van der Waals surface area (Å²) in [5.74, 6) is -0.367. The molecule has 120 valence electrons. The van der Waals surface area contributed by atoms with Gasteiger partial charge in [0.25, 0.3) is 0 Å². The van der Waals surface area contributed by atoms with E-state index in [1.807, 2.05) is 19.2 Å². The number of carbonyl (C=O) groups excluding carboxylic acids is 1. The molecular weight excluding hydrogens is 293 g/mol. The average Bonchev–Trinajstić information content (AvgIpc) is 2.95. The van der Waals surface area contributed by atoms with Gasteiger partial charge in [-0.05, 0) is 49.7 Å². The number of para-hydroxylation sites is 1. The number of aromatic nitrogens is 1. The molecule has 2 aromatic rings. The van der Waals surface area contributed by atoms with Crippen LogP contribution >= 0.6 is 0 Å². The Morgan fingerprint density at radius 1 is 1.26 bits per heavy atom. The van der Waals surface area contributed by atoms with E-state index in [1.165, 1.54) is 11.6 Å². The molecule has 1 aromatic carbocycles. The minimum absolute atomic E-state index is 0.0210. The van der Waals surface area contributed by atoms with Gasteiger partial charge in [-0.1, -0.05) is 12.1 Å². The molecule has 4 nitrogen and oxygen atoms in total. The van der Waals surface area contributed by atoms with Crippen molar-refractivity contribution in [2.75, 3.05) is 25.0 Å². The molecule has 1 aliphatic heterocycles. The molecule has 1 saturated heterocycles.